The van der Waals surface area contributed by atoms with E-state index in [1.807, 2.05) is 40.6 Å². The Morgan fingerprint density at radius 3 is 2.64 bits per heavy atom. The molecule has 2 aliphatic rings. The van der Waals surface area contributed by atoms with Gasteiger partial charge >= 0.3 is 0 Å². The van der Waals surface area contributed by atoms with Crippen LogP contribution in [0.3, 0.4) is 0 Å². The summed E-state index contributed by atoms with van der Waals surface area (Å²) in [5.74, 6) is 0.280. The Labute approximate surface area is 170 Å². The number of amides is 1. The number of carbonyl (C=O) groups excluding carboxylic acids is 1. The number of nitrogens with zero attached hydrogens (tertiary/aromatic N) is 2. The molecule has 2 aromatic rings. The molecule has 0 bridgehead atoms. The summed E-state index contributed by atoms with van der Waals surface area (Å²) in [6.45, 7) is 0.600. The third kappa shape index (κ3) is 4.29. The average molecular weight is 420 g/mol. The summed E-state index contributed by atoms with van der Waals surface area (Å²) >= 11 is 1.58. The Bertz CT molecular complexity index is 939. The van der Waals surface area contributed by atoms with Crippen LogP contribution in [0.4, 0.5) is 0 Å². The van der Waals surface area contributed by atoms with Crippen molar-refractivity contribution in [2.24, 2.45) is 5.92 Å². The fraction of sp³-hybridized carbons (Fsp3) is 0.500. The highest BCUT2D eigenvalue weighted by Gasteiger charge is 2.41. The quantitative estimate of drug-likeness (QED) is 0.781. The predicted octanol–water partition coefficient (Wildman–Crippen LogP) is 2.67. The van der Waals surface area contributed by atoms with Crippen LogP contribution < -0.4 is 4.72 Å². The predicted molar refractivity (Wildman–Crippen MR) is 110 cm³/mol. The van der Waals surface area contributed by atoms with Gasteiger partial charge in [0.1, 0.15) is 5.01 Å². The van der Waals surface area contributed by atoms with Crippen LogP contribution in [0.1, 0.15) is 31.4 Å². The number of thiazole rings is 1. The van der Waals surface area contributed by atoms with Gasteiger partial charge in [-0.3, -0.25) is 4.79 Å². The zero-order valence-corrected chi connectivity index (χ0v) is 17.5. The highest BCUT2D eigenvalue weighted by atomic mass is 32.2. The number of likely N-dealkylation sites (tertiary alicyclic amines) is 1. The lowest BCUT2D eigenvalue weighted by atomic mass is 9.84. The van der Waals surface area contributed by atoms with E-state index in [2.05, 4.69) is 4.72 Å². The molecule has 0 spiro atoms. The first kappa shape index (κ1) is 19.5. The molecular weight excluding hydrogens is 394 g/mol. The number of nitrogens with one attached hydrogen (secondary N) is 1. The van der Waals surface area contributed by atoms with E-state index < -0.39 is 10.0 Å². The summed E-state index contributed by atoms with van der Waals surface area (Å²) in [6.07, 6.45) is 5.38. The summed E-state index contributed by atoms with van der Waals surface area (Å²) in [5, 5.41) is 2.96. The molecule has 0 unspecified atom stereocenters. The number of sulfonamides is 1. The van der Waals surface area contributed by atoms with Gasteiger partial charge in [0.25, 0.3) is 0 Å². The van der Waals surface area contributed by atoms with E-state index in [0.717, 1.165) is 35.5 Å². The topological polar surface area (TPSA) is 79.4 Å². The fourth-order valence-electron chi connectivity index (χ4n) is 4.01. The van der Waals surface area contributed by atoms with Crippen LogP contribution in [0.25, 0.3) is 10.6 Å². The van der Waals surface area contributed by atoms with E-state index in [1.54, 1.807) is 11.3 Å². The Morgan fingerprint density at radius 1 is 1.25 bits per heavy atom. The second-order valence-electron chi connectivity index (χ2n) is 7.73. The van der Waals surface area contributed by atoms with Crippen LogP contribution in [0, 0.1) is 5.92 Å². The van der Waals surface area contributed by atoms with Crippen molar-refractivity contribution in [1.29, 1.82) is 0 Å². The lowest BCUT2D eigenvalue weighted by Gasteiger charge is -2.34. The Kier molecular flexibility index (Phi) is 5.53. The summed E-state index contributed by atoms with van der Waals surface area (Å²) in [4.78, 5) is 19.5. The molecule has 0 radical (unpaired) electrons. The van der Waals surface area contributed by atoms with Gasteiger partial charge in [0, 0.05) is 35.9 Å². The molecule has 2 atom stereocenters. The molecule has 150 valence electrons. The van der Waals surface area contributed by atoms with Crippen LogP contribution in [0.2, 0.25) is 0 Å². The number of hydrogen-bond donors (Lipinski definition) is 1. The Balaban J connectivity index is 1.55. The maximum atomic E-state index is 12.9. The van der Waals surface area contributed by atoms with Crippen molar-refractivity contribution in [2.45, 2.75) is 44.2 Å². The van der Waals surface area contributed by atoms with Crippen molar-refractivity contribution >= 4 is 27.3 Å². The van der Waals surface area contributed by atoms with Crippen molar-refractivity contribution in [1.82, 2.24) is 14.6 Å². The van der Waals surface area contributed by atoms with Gasteiger partial charge in [-0.25, -0.2) is 18.1 Å². The molecule has 28 heavy (non-hydrogen) atoms. The van der Waals surface area contributed by atoms with E-state index in [9.17, 15) is 13.2 Å². The monoisotopic (exact) mass is 419 g/mol. The van der Waals surface area contributed by atoms with Gasteiger partial charge in [-0.1, -0.05) is 36.8 Å². The third-order valence-electron chi connectivity index (χ3n) is 5.64. The van der Waals surface area contributed by atoms with Gasteiger partial charge in [-0.15, -0.1) is 11.3 Å². The molecule has 1 aliphatic heterocycles. The van der Waals surface area contributed by atoms with E-state index in [4.69, 9.17) is 4.98 Å². The van der Waals surface area contributed by atoms with Crippen molar-refractivity contribution in [3.63, 3.8) is 0 Å². The SMILES string of the molecule is CS(=O)(=O)N[C@@H]1CCN(C(=O)C2CCC2)[C@@H]1Cc1csc(-c2ccccc2)n1. The van der Waals surface area contributed by atoms with Crippen molar-refractivity contribution in [3.05, 3.63) is 41.4 Å². The minimum Gasteiger partial charge on any atom is -0.337 e. The van der Waals surface area contributed by atoms with Crippen LogP contribution in [-0.2, 0) is 21.2 Å². The van der Waals surface area contributed by atoms with E-state index in [-0.39, 0.29) is 23.9 Å². The number of carbonyl (C=O) groups is 1. The van der Waals surface area contributed by atoms with Crippen LogP contribution in [0.5, 0.6) is 0 Å². The molecule has 1 aromatic carbocycles. The second-order valence-corrected chi connectivity index (χ2v) is 10.4. The maximum Gasteiger partial charge on any atom is 0.225 e. The van der Waals surface area contributed by atoms with Crippen LogP contribution in [-0.4, -0.2) is 49.1 Å². The molecule has 1 saturated carbocycles. The van der Waals surface area contributed by atoms with Gasteiger partial charge < -0.3 is 4.90 Å². The first-order chi connectivity index (χ1) is 13.4. The van der Waals surface area contributed by atoms with E-state index >= 15 is 0 Å². The molecule has 6 nitrogen and oxygen atoms in total. The van der Waals surface area contributed by atoms with Gasteiger partial charge in [0.2, 0.25) is 15.9 Å². The number of rotatable bonds is 6. The molecule has 1 saturated heterocycles. The summed E-state index contributed by atoms with van der Waals surface area (Å²) in [5.41, 5.74) is 1.97. The lowest BCUT2D eigenvalue weighted by Crippen LogP contribution is -2.49. The molecule has 1 amide bonds. The molecule has 1 N–H and O–H groups in total. The van der Waals surface area contributed by atoms with Crippen molar-refractivity contribution in [2.75, 3.05) is 12.8 Å². The molecule has 1 aliphatic carbocycles. The van der Waals surface area contributed by atoms with Crippen molar-refractivity contribution in [3.8, 4) is 10.6 Å². The van der Waals surface area contributed by atoms with Crippen molar-refractivity contribution < 1.29 is 13.2 Å². The Hall–Kier alpha value is -1.77. The van der Waals surface area contributed by atoms with Gasteiger partial charge in [0.15, 0.2) is 0 Å². The Morgan fingerprint density at radius 2 is 2.00 bits per heavy atom. The summed E-state index contributed by atoms with van der Waals surface area (Å²) < 4.78 is 26.4. The fourth-order valence-corrected chi connectivity index (χ4v) is 5.67. The zero-order valence-electron chi connectivity index (χ0n) is 15.9. The second kappa shape index (κ2) is 7.93. The zero-order chi connectivity index (χ0) is 19.7. The average Bonchev–Trinajstić information content (AvgIpc) is 3.21. The first-order valence-corrected chi connectivity index (χ1v) is 12.5. The molecular formula is C20H25N3O3S2. The number of hydrogen-bond acceptors (Lipinski definition) is 5. The number of aromatic nitrogens is 1. The van der Waals surface area contributed by atoms with E-state index in [0.29, 0.717) is 19.4 Å². The highest BCUT2D eigenvalue weighted by molar-refractivity contribution is 7.88. The smallest absolute Gasteiger partial charge is 0.225 e. The van der Waals surface area contributed by atoms with Crippen LogP contribution in [0.15, 0.2) is 35.7 Å². The third-order valence-corrected chi connectivity index (χ3v) is 7.31. The molecule has 4 rings (SSSR count). The standard InChI is InChI=1S/C20H25N3O3S2/c1-28(25,26)22-17-10-11-23(20(24)15-8-5-9-15)18(17)12-16-13-27-19(21-16)14-6-3-2-4-7-14/h2-4,6-7,13,15,17-18,22H,5,8-12H2,1H3/t17-,18-/m1/s1. The van der Waals surface area contributed by atoms with Crippen LogP contribution >= 0.6 is 11.3 Å². The minimum atomic E-state index is -3.34. The summed E-state index contributed by atoms with van der Waals surface area (Å²) in [7, 11) is -3.34. The molecule has 8 heteroatoms. The highest BCUT2D eigenvalue weighted by Crippen LogP contribution is 2.33. The lowest BCUT2D eigenvalue weighted by molar-refractivity contribution is -0.139. The van der Waals surface area contributed by atoms with E-state index in [1.165, 1.54) is 6.26 Å². The largest absolute Gasteiger partial charge is 0.337 e. The van der Waals surface area contributed by atoms with Gasteiger partial charge in [0.05, 0.1) is 18.0 Å². The van der Waals surface area contributed by atoms with Gasteiger partial charge in [-0.2, -0.15) is 0 Å². The normalized spacial score (nSPS) is 23.0. The van der Waals surface area contributed by atoms with Gasteiger partial charge in [-0.05, 0) is 19.3 Å². The maximum absolute atomic E-state index is 12.9. The molecule has 2 fully saturated rings. The number of benzene rings is 1. The first-order valence-electron chi connectivity index (χ1n) is 9.68. The summed E-state index contributed by atoms with van der Waals surface area (Å²) in [6, 6.07) is 9.55. The molecule has 2 heterocycles. The minimum absolute atomic E-state index is 0.106. The molecule has 1 aromatic heterocycles.